The van der Waals surface area contributed by atoms with Gasteiger partial charge in [-0.2, -0.15) is 0 Å². The molecule has 3 aromatic rings. The number of carbonyl (C=O) groups is 1. The Bertz CT molecular complexity index is 770. The molecule has 0 saturated carbocycles. The highest BCUT2D eigenvalue weighted by atomic mass is 16.1. The van der Waals surface area contributed by atoms with Crippen molar-refractivity contribution in [2.24, 2.45) is 0 Å². The van der Waals surface area contributed by atoms with Crippen molar-refractivity contribution >= 4 is 11.9 Å². The van der Waals surface area contributed by atoms with Crippen LogP contribution in [0.1, 0.15) is 16.8 Å². The maximum atomic E-state index is 10.7. The lowest BCUT2D eigenvalue weighted by Crippen LogP contribution is -1.96. The van der Waals surface area contributed by atoms with Gasteiger partial charge in [0.05, 0.1) is 0 Å². The summed E-state index contributed by atoms with van der Waals surface area (Å²) in [7, 11) is 0. The van der Waals surface area contributed by atoms with Gasteiger partial charge in [0.15, 0.2) is 0 Å². The molecule has 0 aliphatic heterocycles. The summed E-state index contributed by atoms with van der Waals surface area (Å²) in [6.45, 7) is 4.17. The molecule has 0 N–H and O–H groups in total. The Morgan fingerprint density at radius 1 is 1.20 bits per heavy atom. The van der Waals surface area contributed by atoms with Crippen molar-refractivity contribution in [1.29, 1.82) is 0 Å². The molecular formula is C17H16N2O. The first-order valence-electron chi connectivity index (χ1n) is 6.66. The zero-order chi connectivity index (χ0) is 14.1. The van der Waals surface area contributed by atoms with Gasteiger partial charge in [-0.25, -0.2) is 4.98 Å². The van der Waals surface area contributed by atoms with Gasteiger partial charge < -0.3 is 9.20 Å². The minimum atomic E-state index is 0.393. The van der Waals surface area contributed by atoms with Crippen LogP contribution in [-0.2, 0) is 11.2 Å². The molecule has 3 rings (SSSR count). The summed E-state index contributed by atoms with van der Waals surface area (Å²) in [4.78, 5) is 15.1. The number of fused-ring (bicyclic) bond motifs is 1. The van der Waals surface area contributed by atoms with Crippen molar-refractivity contribution < 1.29 is 4.79 Å². The van der Waals surface area contributed by atoms with Gasteiger partial charge in [0.2, 0.25) is 0 Å². The van der Waals surface area contributed by atoms with Crippen LogP contribution in [0.3, 0.4) is 0 Å². The molecule has 0 unspecified atom stereocenters. The fourth-order valence-corrected chi connectivity index (χ4v) is 2.45. The van der Waals surface area contributed by atoms with Crippen molar-refractivity contribution in [3.8, 4) is 11.1 Å². The van der Waals surface area contributed by atoms with Crippen molar-refractivity contribution in [3.63, 3.8) is 0 Å². The van der Waals surface area contributed by atoms with E-state index >= 15 is 0 Å². The second-order valence-electron chi connectivity index (χ2n) is 5.08. The van der Waals surface area contributed by atoms with Crippen LogP contribution >= 0.6 is 0 Å². The van der Waals surface area contributed by atoms with E-state index in [1.54, 1.807) is 6.20 Å². The molecular weight excluding hydrogens is 248 g/mol. The van der Waals surface area contributed by atoms with Crippen molar-refractivity contribution in [2.75, 3.05) is 0 Å². The molecule has 0 spiro atoms. The van der Waals surface area contributed by atoms with E-state index in [1.165, 1.54) is 22.3 Å². The number of carbonyl (C=O) groups excluding carboxylic acids is 1. The number of rotatable bonds is 3. The zero-order valence-corrected chi connectivity index (χ0v) is 11.6. The normalized spacial score (nSPS) is 10.9. The van der Waals surface area contributed by atoms with Gasteiger partial charge in [0, 0.05) is 24.5 Å². The number of hydrogen-bond donors (Lipinski definition) is 0. The first-order valence-corrected chi connectivity index (χ1v) is 6.66. The molecule has 0 bridgehead atoms. The molecule has 2 aromatic heterocycles. The SMILES string of the molecule is Cc1ccc(-c2cc3ncc(CC=O)n3cc2C)cc1. The Kier molecular flexibility index (Phi) is 3.11. The number of aldehydes is 1. The van der Waals surface area contributed by atoms with Gasteiger partial charge in [0.1, 0.15) is 11.9 Å². The first kappa shape index (κ1) is 12.6. The Hall–Kier alpha value is -2.42. The summed E-state index contributed by atoms with van der Waals surface area (Å²) in [5.41, 5.74) is 6.60. The van der Waals surface area contributed by atoms with Crippen LogP contribution in [0.2, 0.25) is 0 Å². The van der Waals surface area contributed by atoms with E-state index in [4.69, 9.17) is 0 Å². The lowest BCUT2D eigenvalue weighted by molar-refractivity contribution is -0.107. The largest absolute Gasteiger partial charge is 0.303 e. The smallest absolute Gasteiger partial charge is 0.137 e. The third kappa shape index (κ3) is 2.11. The maximum absolute atomic E-state index is 10.7. The monoisotopic (exact) mass is 264 g/mol. The number of nitrogens with zero attached hydrogens (tertiary/aromatic N) is 2. The highest BCUT2D eigenvalue weighted by Gasteiger charge is 2.08. The Morgan fingerprint density at radius 3 is 2.65 bits per heavy atom. The third-order valence-corrected chi connectivity index (χ3v) is 3.58. The van der Waals surface area contributed by atoms with Crippen molar-refractivity contribution in [1.82, 2.24) is 9.38 Å². The van der Waals surface area contributed by atoms with Gasteiger partial charge in [-0.15, -0.1) is 0 Å². The van der Waals surface area contributed by atoms with Crippen LogP contribution in [0.4, 0.5) is 0 Å². The predicted octanol–water partition coefficient (Wildman–Crippen LogP) is 3.36. The number of aryl methyl sites for hydroxylation is 2. The molecule has 3 heteroatoms. The minimum Gasteiger partial charge on any atom is -0.303 e. The van der Waals surface area contributed by atoms with Gasteiger partial charge >= 0.3 is 0 Å². The molecule has 0 amide bonds. The maximum Gasteiger partial charge on any atom is 0.137 e. The number of imidazole rings is 1. The third-order valence-electron chi connectivity index (χ3n) is 3.58. The molecule has 1 aromatic carbocycles. The van der Waals surface area contributed by atoms with Gasteiger partial charge in [-0.1, -0.05) is 29.8 Å². The van der Waals surface area contributed by atoms with E-state index in [2.05, 4.69) is 55.4 Å². The molecule has 3 nitrogen and oxygen atoms in total. The Labute approximate surface area is 117 Å². The van der Waals surface area contributed by atoms with E-state index < -0.39 is 0 Å². The van der Waals surface area contributed by atoms with Crippen LogP contribution in [0, 0.1) is 13.8 Å². The Morgan fingerprint density at radius 2 is 1.95 bits per heavy atom. The first-order chi connectivity index (χ1) is 9.69. The molecule has 2 heterocycles. The molecule has 20 heavy (non-hydrogen) atoms. The van der Waals surface area contributed by atoms with Crippen LogP contribution in [0.15, 0.2) is 42.7 Å². The molecule has 0 radical (unpaired) electrons. The summed E-state index contributed by atoms with van der Waals surface area (Å²) in [6.07, 6.45) is 5.12. The van der Waals surface area contributed by atoms with Gasteiger partial charge in [-0.3, -0.25) is 0 Å². The number of aromatic nitrogens is 2. The van der Waals surface area contributed by atoms with Crippen LogP contribution < -0.4 is 0 Å². The fraction of sp³-hybridized carbons (Fsp3) is 0.176. The molecule has 100 valence electrons. The molecule has 0 saturated heterocycles. The zero-order valence-electron chi connectivity index (χ0n) is 11.6. The van der Waals surface area contributed by atoms with E-state index in [0.29, 0.717) is 6.42 Å². The van der Waals surface area contributed by atoms with E-state index in [1.807, 2.05) is 4.40 Å². The molecule has 0 aliphatic rings. The topological polar surface area (TPSA) is 34.4 Å². The summed E-state index contributed by atoms with van der Waals surface area (Å²) in [5, 5.41) is 0. The predicted molar refractivity (Wildman–Crippen MR) is 79.9 cm³/mol. The van der Waals surface area contributed by atoms with Crippen LogP contribution in [0.5, 0.6) is 0 Å². The standard InChI is InChI=1S/C17H16N2O/c1-12-3-5-14(6-4-12)16-9-17-18-10-15(7-8-20)19(17)11-13(16)2/h3-6,8-11H,7H2,1-2H3. The summed E-state index contributed by atoms with van der Waals surface area (Å²) in [5.74, 6) is 0. The Balaban J connectivity index is 2.15. The highest BCUT2D eigenvalue weighted by Crippen LogP contribution is 2.25. The number of benzene rings is 1. The average Bonchev–Trinajstić information content (AvgIpc) is 2.82. The van der Waals surface area contributed by atoms with E-state index in [-0.39, 0.29) is 0 Å². The van der Waals surface area contributed by atoms with Crippen LogP contribution in [0.25, 0.3) is 16.8 Å². The second-order valence-corrected chi connectivity index (χ2v) is 5.08. The van der Waals surface area contributed by atoms with E-state index in [0.717, 1.165) is 17.6 Å². The average molecular weight is 264 g/mol. The van der Waals surface area contributed by atoms with Crippen LogP contribution in [-0.4, -0.2) is 15.7 Å². The summed E-state index contributed by atoms with van der Waals surface area (Å²) >= 11 is 0. The quantitative estimate of drug-likeness (QED) is 0.680. The minimum absolute atomic E-state index is 0.393. The summed E-state index contributed by atoms with van der Waals surface area (Å²) < 4.78 is 1.99. The number of pyridine rings is 1. The van der Waals surface area contributed by atoms with Gasteiger partial charge in [-0.05, 0) is 36.6 Å². The van der Waals surface area contributed by atoms with Crippen molar-refractivity contribution in [3.05, 3.63) is 59.5 Å². The summed E-state index contributed by atoms with van der Waals surface area (Å²) in [6, 6.07) is 10.6. The lowest BCUT2D eigenvalue weighted by Gasteiger charge is -2.08. The molecule has 0 fully saturated rings. The molecule has 0 aliphatic carbocycles. The van der Waals surface area contributed by atoms with Gasteiger partial charge in [0.25, 0.3) is 0 Å². The second kappa shape index (κ2) is 4.93. The fourth-order valence-electron chi connectivity index (χ4n) is 2.45. The van der Waals surface area contributed by atoms with Crippen molar-refractivity contribution in [2.45, 2.75) is 20.3 Å². The highest BCUT2D eigenvalue weighted by molar-refractivity contribution is 5.71. The number of hydrogen-bond acceptors (Lipinski definition) is 2. The lowest BCUT2D eigenvalue weighted by atomic mass is 10.0. The van der Waals surface area contributed by atoms with E-state index in [9.17, 15) is 4.79 Å². The molecule has 0 atom stereocenters.